The summed E-state index contributed by atoms with van der Waals surface area (Å²) in [6.45, 7) is 1.96. The first kappa shape index (κ1) is 25.2. The SMILES string of the molecule is COc1ccc(C(C(=O)NC2CCCCC2)N(C(=O)c2ccccn2)c2cccc(C)c2)cc1OC. The van der Waals surface area contributed by atoms with Crippen molar-refractivity contribution in [3.63, 3.8) is 0 Å². The number of anilines is 1. The van der Waals surface area contributed by atoms with E-state index < -0.39 is 6.04 Å². The van der Waals surface area contributed by atoms with Gasteiger partial charge in [0.05, 0.1) is 14.2 Å². The van der Waals surface area contributed by atoms with Crippen LogP contribution in [0.15, 0.2) is 66.9 Å². The Morgan fingerprint density at radius 2 is 1.72 bits per heavy atom. The molecule has 0 radical (unpaired) electrons. The Hall–Kier alpha value is -3.87. The molecule has 0 spiro atoms. The first-order valence-electron chi connectivity index (χ1n) is 12.4. The van der Waals surface area contributed by atoms with Crippen molar-refractivity contribution < 1.29 is 19.1 Å². The molecule has 1 aliphatic carbocycles. The highest BCUT2D eigenvalue weighted by Gasteiger charge is 2.35. The van der Waals surface area contributed by atoms with E-state index in [2.05, 4.69) is 10.3 Å². The fourth-order valence-corrected chi connectivity index (χ4v) is 4.74. The van der Waals surface area contributed by atoms with Gasteiger partial charge in [0.2, 0.25) is 5.91 Å². The van der Waals surface area contributed by atoms with Gasteiger partial charge < -0.3 is 14.8 Å². The molecule has 188 valence electrons. The number of amides is 2. The van der Waals surface area contributed by atoms with Crippen molar-refractivity contribution in [1.82, 2.24) is 10.3 Å². The van der Waals surface area contributed by atoms with Crippen LogP contribution in [-0.4, -0.2) is 37.1 Å². The fraction of sp³-hybridized carbons (Fsp3) is 0.345. The summed E-state index contributed by atoms with van der Waals surface area (Å²) in [5.74, 6) is 0.436. The van der Waals surface area contributed by atoms with E-state index in [9.17, 15) is 9.59 Å². The number of ether oxygens (including phenoxy) is 2. The number of nitrogens with one attached hydrogen (secondary N) is 1. The van der Waals surface area contributed by atoms with Gasteiger partial charge in [0, 0.05) is 17.9 Å². The number of hydrogen-bond acceptors (Lipinski definition) is 5. The molecule has 0 bridgehead atoms. The normalized spacial score (nSPS) is 14.5. The molecular weight excluding hydrogens is 454 g/mol. The third kappa shape index (κ3) is 5.67. The Balaban J connectivity index is 1.85. The summed E-state index contributed by atoms with van der Waals surface area (Å²) in [7, 11) is 3.12. The Labute approximate surface area is 212 Å². The average Bonchev–Trinajstić information content (AvgIpc) is 2.92. The summed E-state index contributed by atoms with van der Waals surface area (Å²) < 4.78 is 10.9. The van der Waals surface area contributed by atoms with Crippen LogP contribution in [0.25, 0.3) is 0 Å². The van der Waals surface area contributed by atoms with E-state index >= 15 is 0 Å². The molecule has 1 aromatic heterocycles. The van der Waals surface area contributed by atoms with E-state index in [4.69, 9.17) is 9.47 Å². The third-order valence-electron chi connectivity index (χ3n) is 6.56. The fourth-order valence-electron chi connectivity index (χ4n) is 4.74. The predicted molar refractivity (Wildman–Crippen MR) is 140 cm³/mol. The third-order valence-corrected chi connectivity index (χ3v) is 6.56. The Kier molecular flexibility index (Phi) is 8.21. The largest absolute Gasteiger partial charge is 0.493 e. The lowest BCUT2D eigenvalue weighted by molar-refractivity contribution is -0.123. The molecule has 1 atom stereocenters. The number of aromatic nitrogens is 1. The van der Waals surface area contributed by atoms with Crippen molar-refractivity contribution in [1.29, 1.82) is 0 Å². The summed E-state index contributed by atoms with van der Waals surface area (Å²) in [5, 5.41) is 3.23. The maximum absolute atomic E-state index is 14.0. The van der Waals surface area contributed by atoms with Gasteiger partial charge in [-0.25, -0.2) is 0 Å². The topological polar surface area (TPSA) is 80.8 Å². The molecule has 7 heteroatoms. The Bertz CT molecular complexity index is 1190. The van der Waals surface area contributed by atoms with Crippen molar-refractivity contribution in [3.05, 3.63) is 83.7 Å². The first-order valence-corrected chi connectivity index (χ1v) is 12.4. The summed E-state index contributed by atoms with van der Waals surface area (Å²) in [4.78, 5) is 33.8. The molecule has 2 amide bonds. The van der Waals surface area contributed by atoms with Gasteiger partial charge in [-0.3, -0.25) is 19.5 Å². The molecule has 1 N–H and O–H groups in total. The van der Waals surface area contributed by atoms with Crippen LogP contribution >= 0.6 is 0 Å². The highest BCUT2D eigenvalue weighted by atomic mass is 16.5. The highest BCUT2D eigenvalue weighted by molar-refractivity contribution is 6.09. The van der Waals surface area contributed by atoms with Crippen LogP contribution in [0.2, 0.25) is 0 Å². The van der Waals surface area contributed by atoms with Crippen LogP contribution in [0.4, 0.5) is 5.69 Å². The van der Waals surface area contributed by atoms with Crippen LogP contribution in [0.1, 0.15) is 59.8 Å². The Morgan fingerprint density at radius 3 is 2.39 bits per heavy atom. The quantitative estimate of drug-likeness (QED) is 0.470. The van der Waals surface area contributed by atoms with Gasteiger partial charge in [-0.2, -0.15) is 0 Å². The standard InChI is InChI=1S/C29H33N3O4/c1-20-10-9-13-23(18-20)32(29(34)24-14-7-8-17-30-24)27(28(33)31-22-11-5-4-6-12-22)21-15-16-25(35-2)26(19-21)36-3/h7-10,13-19,22,27H,4-6,11-12H2,1-3H3,(H,31,33). The minimum Gasteiger partial charge on any atom is -0.493 e. The van der Waals surface area contributed by atoms with Crippen molar-refractivity contribution in [2.75, 3.05) is 19.1 Å². The zero-order chi connectivity index (χ0) is 25.5. The molecule has 2 aromatic carbocycles. The molecular formula is C29H33N3O4. The van der Waals surface area contributed by atoms with Gasteiger partial charge in [-0.1, -0.05) is 43.5 Å². The smallest absolute Gasteiger partial charge is 0.277 e. The van der Waals surface area contributed by atoms with Crippen molar-refractivity contribution in [2.24, 2.45) is 0 Å². The number of aryl methyl sites for hydroxylation is 1. The number of nitrogens with zero attached hydrogens (tertiary/aromatic N) is 2. The zero-order valence-electron chi connectivity index (χ0n) is 21.1. The summed E-state index contributed by atoms with van der Waals surface area (Å²) in [5.41, 5.74) is 2.47. The van der Waals surface area contributed by atoms with Gasteiger partial charge in [-0.15, -0.1) is 0 Å². The van der Waals surface area contributed by atoms with E-state index in [1.165, 1.54) is 11.3 Å². The number of benzene rings is 2. The minimum absolute atomic E-state index is 0.0817. The van der Waals surface area contributed by atoms with Crippen LogP contribution in [0.3, 0.4) is 0 Å². The molecule has 36 heavy (non-hydrogen) atoms. The van der Waals surface area contributed by atoms with Gasteiger partial charge in [0.15, 0.2) is 11.5 Å². The van der Waals surface area contributed by atoms with Crippen LogP contribution in [0.5, 0.6) is 11.5 Å². The minimum atomic E-state index is -0.942. The molecule has 0 aliphatic heterocycles. The molecule has 1 unspecified atom stereocenters. The molecule has 1 heterocycles. The lowest BCUT2D eigenvalue weighted by Gasteiger charge is -2.33. The molecule has 1 fully saturated rings. The lowest BCUT2D eigenvalue weighted by Crippen LogP contribution is -2.47. The van der Waals surface area contributed by atoms with Crippen molar-refractivity contribution in [3.8, 4) is 11.5 Å². The van der Waals surface area contributed by atoms with Crippen molar-refractivity contribution in [2.45, 2.75) is 51.1 Å². The zero-order valence-corrected chi connectivity index (χ0v) is 21.1. The number of rotatable bonds is 8. The van der Waals surface area contributed by atoms with Gasteiger partial charge in [-0.05, 0) is 67.3 Å². The number of hydrogen-bond donors (Lipinski definition) is 1. The monoisotopic (exact) mass is 487 g/mol. The van der Waals surface area contributed by atoms with Gasteiger partial charge in [0.25, 0.3) is 5.91 Å². The molecule has 1 aliphatic rings. The summed E-state index contributed by atoms with van der Waals surface area (Å²) in [6, 6.07) is 17.2. The maximum Gasteiger partial charge on any atom is 0.277 e. The molecule has 3 aromatic rings. The van der Waals surface area contributed by atoms with Crippen LogP contribution in [0, 0.1) is 6.92 Å². The number of carbonyl (C=O) groups is 2. The number of carbonyl (C=O) groups excluding carboxylic acids is 2. The average molecular weight is 488 g/mol. The second-order valence-electron chi connectivity index (χ2n) is 9.09. The van der Waals surface area contributed by atoms with E-state index in [1.54, 1.807) is 56.8 Å². The van der Waals surface area contributed by atoms with Crippen LogP contribution in [-0.2, 0) is 4.79 Å². The van der Waals surface area contributed by atoms with Crippen LogP contribution < -0.4 is 19.7 Å². The summed E-state index contributed by atoms with van der Waals surface area (Å²) >= 11 is 0. The first-order chi connectivity index (χ1) is 17.5. The Morgan fingerprint density at radius 1 is 0.944 bits per heavy atom. The van der Waals surface area contributed by atoms with Gasteiger partial charge in [0.1, 0.15) is 11.7 Å². The number of methoxy groups -OCH3 is 2. The molecule has 1 saturated carbocycles. The van der Waals surface area contributed by atoms with Gasteiger partial charge >= 0.3 is 0 Å². The lowest BCUT2D eigenvalue weighted by atomic mass is 9.94. The van der Waals surface area contributed by atoms with E-state index in [0.717, 1.165) is 31.2 Å². The van der Waals surface area contributed by atoms with E-state index in [0.29, 0.717) is 22.7 Å². The van der Waals surface area contributed by atoms with Crippen molar-refractivity contribution >= 4 is 17.5 Å². The van der Waals surface area contributed by atoms with E-state index in [-0.39, 0.29) is 23.6 Å². The number of pyridine rings is 1. The maximum atomic E-state index is 14.0. The predicted octanol–water partition coefficient (Wildman–Crippen LogP) is 5.24. The molecule has 0 saturated heterocycles. The van der Waals surface area contributed by atoms with E-state index in [1.807, 2.05) is 31.2 Å². The second-order valence-corrected chi connectivity index (χ2v) is 9.09. The molecule has 4 rings (SSSR count). The highest BCUT2D eigenvalue weighted by Crippen LogP contribution is 2.35. The molecule has 7 nitrogen and oxygen atoms in total. The second kappa shape index (κ2) is 11.7. The summed E-state index contributed by atoms with van der Waals surface area (Å²) in [6.07, 6.45) is 6.79.